The highest BCUT2D eigenvalue weighted by molar-refractivity contribution is 6.31. The maximum absolute atomic E-state index is 6.21. The van der Waals surface area contributed by atoms with Gasteiger partial charge in [0.05, 0.1) is 13.2 Å². The number of hydrogen-bond donors (Lipinski definition) is 1. The molecule has 1 fully saturated rings. The van der Waals surface area contributed by atoms with Gasteiger partial charge in [0.2, 0.25) is 0 Å². The van der Waals surface area contributed by atoms with Crippen molar-refractivity contribution in [3.63, 3.8) is 0 Å². The average molecular weight is 282 g/mol. The highest BCUT2D eigenvalue weighted by Gasteiger charge is 2.27. The van der Waals surface area contributed by atoms with E-state index in [1.165, 1.54) is 0 Å². The van der Waals surface area contributed by atoms with Crippen LogP contribution < -0.4 is 10.5 Å². The second kappa shape index (κ2) is 5.27. The van der Waals surface area contributed by atoms with Crippen LogP contribution in [0.3, 0.4) is 0 Å². The summed E-state index contributed by atoms with van der Waals surface area (Å²) < 4.78 is 10.9. The first-order valence-electron chi connectivity index (χ1n) is 6.33. The molecule has 1 unspecified atom stereocenters. The van der Waals surface area contributed by atoms with Gasteiger partial charge >= 0.3 is 0 Å². The van der Waals surface area contributed by atoms with Gasteiger partial charge < -0.3 is 20.1 Å². The van der Waals surface area contributed by atoms with Gasteiger partial charge in [0.15, 0.2) is 5.96 Å². The lowest BCUT2D eigenvalue weighted by molar-refractivity contribution is 0.0673. The van der Waals surface area contributed by atoms with Gasteiger partial charge in [-0.3, -0.25) is 0 Å². The zero-order valence-corrected chi connectivity index (χ0v) is 11.3. The molecule has 0 aliphatic carbocycles. The van der Waals surface area contributed by atoms with Gasteiger partial charge in [0.1, 0.15) is 18.4 Å². The molecule has 2 heterocycles. The predicted molar refractivity (Wildman–Crippen MR) is 73.7 cm³/mol. The average Bonchev–Trinajstić information content (AvgIpc) is 2.84. The highest BCUT2D eigenvalue weighted by Crippen LogP contribution is 2.39. The van der Waals surface area contributed by atoms with E-state index in [4.69, 9.17) is 26.8 Å². The van der Waals surface area contributed by atoms with E-state index in [1.54, 1.807) is 0 Å². The Bertz CT molecular complexity index is 501. The summed E-state index contributed by atoms with van der Waals surface area (Å²) in [5.41, 5.74) is 6.99. The van der Waals surface area contributed by atoms with Gasteiger partial charge in [-0.2, -0.15) is 0 Å². The molecular weight excluding hydrogens is 266 g/mol. The summed E-state index contributed by atoms with van der Waals surface area (Å²) in [7, 11) is 0. The number of ether oxygens (including phenoxy) is 2. The Morgan fingerprint density at radius 3 is 2.95 bits per heavy atom. The zero-order valence-electron chi connectivity index (χ0n) is 10.5. The number of aliphatic imine (C=N–C) groups is 1. The van der Waals surface area contributed by atoms with Crippen LogP contribution in [0.2, 0.25) is 5.02 Å². The molecule has 0 aromatic heterocycles. The van der Waals surface area contributed by atoms with Gasteiger partial charge in [0, 0.05) is 23.7 Å². The minimum Gasteiger partial charge on any atom is -0.491 e. The number of rotatable bonds is 1. The van der Waals surface area contributed by atoms with E-state index in [2.05, 4.69) is 4.99 Å². The van der Waals surface area contributed by atoms with Crippen molar-refractivity contribution in [2.45, 2.75) is 6.04 Å². The predicted octanol–water partition coefficient (Wildman–Crippen LogP) is 1.42. The van der Waals surface area contributed by atoms with Crippen molar-refractivity contribution in [2.24, 2.45) is 10.7 Å². The van der Waals surface area contributed by atoms with Crippen molar-refractivity contribution in [3.8, 4) is 5.75 Å². The van der Waals surface area contributed by atoms with Crippen molar-refractivity contribution < 1.29 is 9.47 Å². The fourth-order valence-electron chi connectivity index (χ4n) is 2.35. The first-order valence-corrected chi connectivity index (χ1v) is 6.70. The third kappa shape index (κ3) is 2.48. The lowest BCUT2D eigenvalue weighted by Gasteiger charge is -2.28. The summed E-state index contributed by atoms with van der Waals surface area (Å²) >= 11 is 6.21. The standard InChI is InChI=1S/C13H16ClN3O2/c14-9-2-1-3-11-12(9)10(8-19-11)16-13(15)17-4-6-18-7-5-17/h1-3,10H,4-8H2,(H2,15,16). The quantitative estimate of drug-likeness (QED) is 0.625. The summed E-state index contributed by atoms with van der Waals surface area (Å²) in [6.07, 6.45) is 0. The number of halogens is 1. The van der Waals surface area contributed by atoms with Crippen molar-refractivity contribution >= 4 is 17.6 Å². The van der Waals surface area contributed by atoms with Crippen LogP contribution >= 0.6 is 11.6 Å². The zero-order chi connectivity index (χ0) is 13.2. The molecular formula is C13H16ClN3O2. The molecule has 1 aromatic carbocycles. The van der Waals surface area contributed by atoms with Gasteiger partial charge in [-0.25, -0.2) is 4.99 Å². The van der Waals surface area contributed by atoms with Gasteiger partial charge in [-0.15, -0.1) is 0 Å². The normalized spacial score (nSPS) is 23.1. The number of fused-ring (bicyclic) bond motifs is 1. The van der Waals surface area contributed by atoms with Crippen molar-refractivity contribution in [2.75, 3.05) is 32.9 Å². The molecule has 1 saturated heterocycles. The van der Waals surface area contributed by atoms with Crippen LogP contribution in [0, 0.1) is 0 Å². The lowest BCUT2D eigenvalue weighted by atomic mass is 10.1. The summed E-state index contributed by atoms with van der Waals surface area (Å²) in [6, 6.07) is 5.51. The second-order valence-corrected chi connectivity index (χ2v) is 4.97. The Labute approximate surface area is 116 Å². The fourth-order valence-corrected chi connectivity index (χ4v) is 2.65. The van der Waals surface area contributed by atoms with Crippen LogP contribution in [0.1, 0.15) is 11.6 Å². The number of nitrogens with zero attached hydrogens (tertiary/aromatic N) is 2. The maximum Gasteiger partial charge on any atom is 0.192 e. The third-order valence-corrected chi connectivity index (χ3v) is 3.70. The van der Waals surface area contributed by atoms with E-state index in [9.17, 15) is 0 Å². The number of nitrogens with two attached hydrogens (primary N) is 1. The smallest absolute Gasteiger partial charge is 0.192 e. The molecule has 1 atom stereocenters. The number of morpholine rings is 1. The number of benzene rings is 1. The summed E-state index contributed by atoms with van der Waals surface area (Å²) in [6.45, 7) is 3.42. The molecule has 102 valence electrons. The Kier molecular flexibility index (Phi) is 3.48. The summed E-state index contributed by atoms with van der Waals surface area (Å²) in [5.74, 6) is 1.33. The summed E-state index contributed by atoms with van der Waals surface area (Å²) in [4.78, 5) is 6.58. The molecule has 0 saturated carbocycles. The Balaban J connectivity index is 1.81. The highest BCUT2D eigenvalue weighted by atomic mass is 35.5. The van der Waals surface area contributed by atoms with Gasteiger partial charge in [0.25, 0.3) is 0 Å². The second-order valence-electron chi connectivity index (χ2n) is 4.57. The SMILES string of the molecule is NC(=NC1COc2cccc(Cl)c21)N1CCOCC1. The largest absolute Gasteiger partial charge is 0.491 e. The van der Waals surface area contributed by atoms with E-state index in [1.807, 2.05) is 23.1 Å². The molecule has 1 aromatic rings. The minimum absolute atomic E-state index is 0.119. The molecule has 2 aliphatic rings. The molecule has 0 amide bonds. The van der Waals surface area contributed by atoms with Crippen LogP contribution in [0.5, 0.6) is 5.75 Å². The maximum atomic E-state index is 6.21. The first-order chi connectivity index (χ1) is 9.25. The topological polar surface area (TPSA) is 60.1 Å². The summed E-state index contributed by atoms with van der Waals surface area (Å²) in [5, 5.41) is 0.679. The molecule has 2 aliphatic heterocycles. The van der Waals surface area contributed by atoms with Crippen LogP contribution in [-0.4, -0.2) is 43.8 Å². The Morgan fingerprint density at radius 1 is 1.37 bits per heavy atom. The van der Waals surface area contributed by atoms with Crippen LogP contribution in [0.15, 0.2) is 23.2 Å². The molecule has 6 heteroatoms. The third-order valence-electron chi connectivity index (χ3n) is 3.37. The van der Waals surface area contributed by atoms with Crippen molar-refractivity contribution in [1.29, 1.82) is 0 Å². The monoisotopic (exact) mass is 281 g/mol. The van der Waals surface area contributed by atoms with Gasteiger partial charge in [-0.1, -0.05) is 17.7 Å². The van der Waals surface area contributed by atoms with E-state index >= 15 is 0 Å². The Morgan fingerprint density at radius 2 is 2.16 bits per heavy atom. The molecule has 0 spiro atoms. The molecule has 0 bridgehead atoms. The van der Waals surface area contributed by atoms with Crippen LogP contribution in [-0.2, 0) is 4.74 Å². The van der Waals surface area contributed by atoms with E-state index < -0.39 is 0 Å². The number of guanidine groups is 1. The van der Waals surface area contributed by atoms with Crippen molar-refractivity contribution in [1.82, 2.24) is 4.90 Å². The molecule has 0 radical (unpaired) electrons. The molecule has 3 rings (SSSR count). The first kappa shape index (κ1) is 12.6. The number of hydrogen-bond acceptors (Lipinski definition) is 3. The van der Waals surface area contributed by atoms with E-state index in [0.717, 1.165) is 24.4 Å². The molecule has 2 N–H and O–H groups in total. The lowest BCUT2D eigenvalue weighted by Crippen LogP contribution is -2.45. The van der Waals surface area contributed by atoms with Crippen molar-refractivity contribution in [3.05, 3.63) is 28.8 Å². The fraction of sp³-hybridized carbons (Fsp3) is 0.462. The van der Waals surface area contributed by atoms with E-state index in [-0.39, 0.29) is 6.04 Å². The van der Waals surface area contributed by atoms with Gasteiger partial charge in [-0.05, 0) is 12.1 Å². The van der Waals surface area contributed by atoms with Crippen LogP contribution in [0.4, 0.5) is 0 Å². The van der Waals surface area contributed by atoms with E-state index in [0.29, 0.717) is 30.8 Å². The molecule has 19 heavy (non-hydrogen) atoms. The van der Waals surface area contributed by atoms with Crippen LogP contribution in [0.25, 0.3) is 0 Å². The minimum atomic E-state index is -0.119. The Hall–Kier alpha value is -1.46. The molecule has 5 nitrogen and oxygen atoms in total.